The summed E-state index contributed by atoms with van der Waals surface area (Å²) < 4.78 is 29.2. The molecule has 0 amide bonds. The number of rotatable bonds is 8. The van der Waals surface area contributed by atoms with E-state index in [0.717, 1.165) is 11.1 Å². The molecule has 0 N–H and O–H groups in total. The second-order valence-electron chi connectivity index (χ2n) is 6.61. The van der Waals surface area contributed by atoms with E-state index in [1.54, 1.807) is 7.11 Å². The molecule has 0 radical (unpaired) electrons. The van der Waals surface area contributed by atoms with Crippen molar-refractivity contribution < 1.29 is 23.7 Å². The third kappa shape index (κ3) is 4.14. The number of ether oxygens (including phenoxy) is 5. The highest BCUT2D eigenvalue weighted by Crippen LogP contribution is 2.39. The van der Waals surface area contributed by atoms with Gasteiger partial charge in [0.15, 0.2) is 6.29 Å². The molecule has 138 valence electrons. The Morgan fingerprint density at radius 1 is 0.808 bits per heavy atom. The van der Waals surface area contributed by atoms with Gasteiger partial charge in [-0.15, -0.1) is 0 Å². The Labute approximate surface area is 153 Å². The fourth-order valence-electron chi connectivity index (χ4n) is 3.32. The molecule has 4 rings (SSSR count). The van der Waals surface area contributed by atoms with Gasteiger partial charge in [0.05, 0.1) is 19.8 Å². The van der Waals surface area contributed by atoms with E-state index in [2.05, 4.69) is 0 Å². The first kappa shape index (κ1) is 17.6. The van der Waals surface area contributed by atoms with Crippen LogP contribution in [0.25, 0.3) is 0 Å². The molecule has 5 heteroatoms. The van der Waals surface area contributed by atoms with Gasteiger partial charge in [0.2, 0.25) is 0 Å². The molecule has 2 aromatic rings. The molecular weight excluding hydrogens is 332 g/mol. The monoisotopic (exact) mass is 356 g/mol. The lowest BCUT2D eigenvalue weighted by Gasteiger charge is -2.32. The summed E-state index contributed by atoms with van der Waals surface area (Å²) in [4.78, 5) is 0. The molecule has 0 saturated carbocycles. The van der Waals surface area contributed by atoms with Crippen LogP contribution in [0.5, 0.6) is 0 Å². The van der Waals surface area contributed by atoms with Gasteiger partial charge in [-0.2, -0.15) is 0 Å². The second-order valence-corrected chi connectivity index (χ2v) is 6.61. The molecule has 2 fully saturated rings. The van der Waals surface area contributed by atoms with E-state index in [0.29, 0.717) is 19.8 Å². The third-order valence-electron chi connectivity index (χ3n) is 4.74. The van der Waals surface area contributed by atoms with Gasteiger partial charge in [-0.1, -0.05) is 60.7 Å². The Balaban J connectivity index is 1.35. The van der Waals surface area contributed by atoms with Crippen LogP contribution in [-0.4, -0.2) is 44.4 Å². The Morgan fingerprint density at radius 3 is 2.12 bits per heavy atom. The largest absolute Gasteiger partial charge is 0.374 e. The Kier molecular flexibility index (Phi) is 5.62. The number of fused-ring (bicyclic) bond motifs is 1. The fourth-order valence-corrected chi connectivity index (χ4v) is 3.32. The summed E-state index contributed by atoms with van der Waals surface area (Å²) in [6, 6.07) is 20.2. The molecule has 0 aromatic heterocycles. The van der Waals surface area contributed by atoms with Crippen LogP contribution in [0.2, 0.25) is 0 Å². The Bertz CT molecular complexity index is 677. The molecule has 2 heterocycles. The van der Waals surface area contributed by atoms with Crippen molar-refractivity contribution in [1.82, 2.24) is 0 Å². The standard InChI is InChI=1S/C21H24O5/c1-22-21-20-19(26-20)18(24-13-16-10-6-3-7-11-16)17(25-21)14-23-12-15-8-4-2-5-9-15/h2-11,17-21H,12-14H2,1H3/t17-,18-,19+,20+,21+/m1/s1. The topological polar surface area (TPSA) is 49.5 Å². The van der Waals surface area contributed by atoms with Gasteiger partial charge < -0.3 is 23.7 Å². The van der Waals surface area contributed by atoms with Crippen molar-refractivity contribution in [3.8, 4) is 0 Å². The number of methoxy groups -OCH3 is 1. The normalized spacial score (nSPS) is 30.0. The van der Waals surface area contributed by atoms with Crippen molar-refractivity contribution in [3.63, 3.8) is 0 Å². The van der Waals surface area contributed by atoms with Crippen LogP contribution in [0.15, 0.2) is 60.7 Å². The molecule has 0 unspecified atom stereocenters. The van der Waals surface area contributed by atoms with Crippen molar-refractivity contribution in [2.24, 2.45) is 0 Å². The summed E-state index contributed by atoms with van der Waals surface area (Å²) in [6.45, 7) is 1.49. The molecule has 2 aliphatic rings. The lowest BCUT2D eigenvalue weighted by Crippen LogP contribution is -2.49. The SMILES string of the molecule is CO[C@H]1O[C@H](COCc2ccccc2)[C@@H](OCc2ccccc2)[C@@H]2O[C@H]12. The summed E-state index contributed by atoms with van der Waals surface area (Å²) >= 11 is 0. The first-order valence-corrected chi connectivity index (χ1v) is 8.96. The maximum Gasteiger partial charge on any atom is 0.186 e. The predicted octanol–water partition coefficient (Wildman–Crippen LogP) is 2.93. The smallest absolute Gasteiger partial charge is 0.186 e. The minimum Gasteiger partial charge on any atom is -0.374 e. The summed E-state index contributed by atoms with van der Waals surface area (Å²) in [6.07, 6.45) is -0.797. The minimum absolute atomic E-state index is 0.00253. The van der Waals surface area contributed by atoms with Gasteiger partial charge in [-0.25, -0.2) is 0 Å². The number of benzene rings is 2. The lowest BCUT2D eigenvalue weighted by atomic mass is 10.0. The van der Waals surface area contributed by atoms with Crippen LogP contribution < -0.4 is 0 Å². The Morgan fingerprint density at radius 2 is 1.46 bits per heavy atom. The van der Waals surface area contributed by atoms with Crippen LogP contribution in [0.3, 0.4) is 0 Å². The second kappa shape index (κ2) is 8.29. The van der Waals surface area contributed by atoms with E-state index < -0.39 is 0 Å². The van der Waals surface area contributed by atoms with E-state index in [1.807, 2.05) is 60.7 Å². The first-order chi connectivity index (χ1) is 12.8. The van der Waals surface area contributed by atoms with Gasteiger partial charge in [0.1, 0.15) is 24.4 Å². The van der Waals surface area contributed by atoms with Crippen molar-refractivity contribution >= 4 is 0 Å². The predicted molar refractivity (Wildman–Crippen MR) is 95.4 cm³/mol. The summed E-state index contributed by atoms with van der Waals surface area (Å²) in [7, 11) is 1.64. The zero-order chi connectivity index (χ0) is 17.8. The molecule has 0 aliphatic carbocycles. The van der Waals surface area contributed by atoms with Crippen LogP contribution >= 0.6 is 0 Å². The third-order valence-corrected chi connectivity index (χ3v) is 4.74. The molecule has 5 atom stereocenters. The molecule has 5 nitrogen and oxygen atoms in total. The molecule has 2 aromatic carbocycles. The van der Waals surface area contributed by atoms with Crippen molar-refractivity contribution in [1.29, 1.82) is 0 Å². The maximum atomic E-state index is 6.15. The van der Waals surface area contributed by atoms with E-state index in [-0.39, 0.29) is 30.7 Å². The van der Waals surface area contributed by atoms with Crippen LogP contribution in [0.1, 0.15) is 11.1 Å². The first-order valence-electron chi connectivity index (χ1n) is 8.96. The quantitative estimate of drug-likeness (QED) is 0.681. The zero-order valence-electron chi connectivity index (χ0n) is 14.8. The van der Waals surface area contributed by atoms with Crippen LogP contribution in [0.4, 0.5) is 0 Å². The van der Waals surface area contributed by atoms with E-state index in [1.165, 1.54) is 0 Å². The molecule has 2 aliphatic heterocycles. The van der Waals surface area contributed by atoms with Gasteiger partial charge in [-0.05, 0) is 11.1 Å². The average molecular weight is 356 g/mol. The zero-order valence-corrected chi connectivity index (χ0v) is 14.8. The van der Waals surface area contributed by atoms with E-state index in [4.69, 9.17) is 23.7 Å². The summed E-state index contributed by atoms with van der Waals surface area (Å²) in [5.74, 6) is 0. The Hall–Kier alpha value is -1.76. The number of hydrogen-bond acceptors (Lipinski definition) is 5. The van der Waals surface area contributed by atoms with Gasteiger partial charge in [0.25, 0.3) is 0 Å². The minimum atomic E-state index is -0.359. The molecule has 26 heavy (non-hydrogen) atoms. The lowest BCUT2D eigenvalue weighted by molar-refractivity contribution is -0.222. The van der Waals surface area contributed by atoms with Crippen molar-refractivity contribution in [2.45, 2.75) is 43.9 Å². The highest BCUT2D eigenvalue weighted by atomic mass is 16.8. The number of hydrogen-bond donors (Lipinski definition) is 0. The van der Waals surface area contributed by atoms with E-state index >= 15 is 0 Å². The van der Waals surface area contributed by atoms with Gasteiger partial charge in [0, 0.05) is 7.11 Å². The number of epoxide rings is 1. The summed E-state index contributed by atoms with van der Waals surface area (Å²) in [5.41, 5.74) is 2.26. The molecular formula is C21H24O5. The summed E-state index contributed by atoms with van der Waals surface area (Å²) in [5, 5.41) is 0. The highest BCUT2D eigenvalue weighted by Gasteiger charge is 2.58. The van der Waals surface area contributed by atoms with Crippen LogP contribution in [0, 0.1) is 0 Å². The fraction of sp³-hybridized carbons (Fsp3) is 0.429. The van der Waals surface area contributed by atoms with Crippen molar-refractivity contribution in [3.05, 3.63) is 71.8 Å². The molecule has 0 bridgehead atoms. The van der Waals surface area contributed by atoms with Crippen molar-refractivity contribution in [2.75, 3.05) is 13.7 Å². The average Bonchev–Trinajstić information content (AvgIpc) is 3.49. The highest BCUT2D eigenvalue weighted by molar-refractivity contribution is 5.14. The van der Waals surface area contributed by atoms with Crippen LogP contribution in [-0.2, 0) is 36.9 Å². The van der Waals surface area contributed by atoms with E-state index in [9.17, 15) is 0 Å². The van der Waals surface area contributed by atoms with Gasteiger partial charge in [-0.3, -0.25) is 0 Å². The van der Waals surface area contributed by atoms with Gasteiger partial charge >= 0.3 is 0 Å². The molecule has 0 spiro atoms. The molecule has 2 saturated heterocycles. The maximum absolute atomic E-state index is 6.15.